The van der Waals surface area contributed by atoms with E-state index in [2.05, 4.69) is 21.2 Å². The van der Waals surface area contributed by atoms with Crippen molar-refractivity contribution in [3.05, 3.63) is 28.2 Å². The fourth-order valence-electron chi connectivity index (χ4n) is 2.20. The summed E-state index contributed by atoms with van der Waals surface area (Å²) in [5, 5.41) is 3.16. The van der Waals surface area contributed by atoms with E-state index in [1.165, 1.54) is 12.1 Å². The van der Waals surface area contributed by atoms with Crippen LogP contribution in [0.5, 0.6) is 0 Å². The number of halogens is 4. The summed E-state index contributed by atoms with van der Waals surface area (Å²) in [5.41, 5.74) is -0.356. The van der Waals surface area contributed by atoms with Gasteiger partial charge in [0.2, 0.25) is 0 Å². The van der Waals surface area contributed by atoms with Gasteiger partial charge in [-0.3, -0.25) is 0 Å². The molecule has 0 spiro atoms. The zero-order valence-corrected chi connectivity index (χ0v) is 11.5. The maximum absolute atomic E-state index is 13.0. The zero-order chi connectivity index (χ0) is 13.3. The molecule has 1 saturated heterocycles. The molecule has 1 N–H and O–H groups in total. The van der Waals surface area contributed by atoms with Crippen LogP contribution >= 0.6 is 15.9 Å². The second-order valence-corrected chi connectivity index (χ2v) is 5.33. The van der Waals surface area contributed by atoms with Crippen LogP contribution in [0, 0.1) is 0 Å². The highest BCUT2D eigenvalue weighted by molar-refractivity contribution is 9.10. The highest BCUT2D eigenvalue weighted by Gasteiger charge is 2.35. The first-order valence-corrected chi connectivity index (χ1v) is 6.49. The number of hydrogen-bond donors (Lipinski definition) is 1. The molecule has 18 heavy (non-hydrogen) atoms. The lowest BCUT2D eigenvalue weighted by Gasteiger charge is -2.29. The van der Waals surface area contributed by atoms with Crippen molar-refractivity contribution in [2.24, 2.45) is 0 Å². The molecule has 1 fully saturated rings. The normalized spacial score (nSPS) is 20.2. The Morgan fingerprint density at radius 1 is 1.39 bits per heavy atom. The summed E-state index contributed by atoms with van der Waals surface area (Å²) in [4.78, 5) is 1.72. The van der Waals surface area contributed by atoms with Crippen LogP contribution in [0.15, 0.2) is 22.7 Å². The first kappa shape index (κ1) is 13.7. The third kappa shape index (κ3) is 2.80. The number of hydrogen-bond acceptors (Lipinski definition) is 2. The maximum atomic E-state index is 13.0. The maximum Gasteiger partial charge on any atom is 0.418 e. The van der Waals surface area contributed by atoms with E-state index in [4.69, 9.17) is 0 Å². The summed E-state index contributed by atoms with van der Waals surface area (Å²) in [6.45, 7) is 1.57. The Morgan fingerprint density at radius 2 is 2.11 bits per heavy atom. The molecular formula is C12H14BrF3N2. The number of likely N-dealkylation sites (N-methyl/N-ethyl adjacent to an activating group) is 1. The smallest absolute Gasteiger partial charge is 0.370 e. The molecule has 0 amide bonds. The average Bonchev–Trinajstić information content (AvgIpc) is 2.79. The topological polar surface area (TPSA) is 15.3 Å². The van der Waals surface area contributed by atoms with Gasteiger partial charge in [-0.2, -0.15) is 13.2 Å². The van der Waals surface area contributed by atoms with Gasteiger partial charge in [-0.05, 0) is 31.2 Å². The van der Waals surface area contributed by atoms with Crippen molar-refractivity contribution in [3.63, 3.8) is 0 Å². The number of nitrogens with one attached hydrogen (secondary N) is 1. The highest BCUT2D eigenvalue weighted by atomic mass is 79.9. The summed E-state index contributed by atoms with van der Waals surface area (Å²) in [7, 11) is 1.72. The molecule has 2 nitrogen and oxygen atoms in total. The van der Waals surface area contributed by atoms with Crippen LogP contribution in [0.4, 0.5) is 18.9 Å². The van der Waals surface area contributed by atoms with Gasteiger partial charge >= 0.3 is 6.18 Å². The lowest BCUT2D eigenvalue weighted by atomic mass is 10.1. The SMILES string of the molecule is CN(c1cc(Br)ccc1C(F)(F)F)C1CCNC1. The molecule has 6 heteroatoms. The zero-order valence-electron chi connectivity index (χ0n) is 9.89. The first-order chi connectivity index (χ1) is 8.39. The van der Waals surface area contributed by atoms with Crippen LogP contribution in [-0.2, 0) is 6.18 Å². The van der Waals surface area contributed by atoms with Crippen LogP contribution in [0.3, 0.4) is 0 Å². The van der Waals surface area contributed by atoms with E-state index < -0.39 is 11.7 Å². The Bertz CT molecular complexity index is 428. The summed E-state index contributed by atoms with van der Waals surface area (Å²) in [6, 6.07) is 4.19. The number of alkyl halides is 3. The Kier molecular flexibility index (Phi) is 3.87. The van der Waals surface area contributed by atoms with Gasteiger partial charge in [0.05, 0.1) is 11.3 Å². The number of rotatable bonds is 2. The van der Waals surface area contributed by atoms with Crippen LogP contribution < -0.4 is 10.2 Å². The van der Waals surface area contributed by atoms with Gasteiger partial charge in [-0.25, -0.2) is 0 Å². The summed E-state index contributed by atoms with van der Waals surface area (Å²) in [6.07, 6.45) is -3.46. The summed E-state index contributed by atoms with van der Waals surface area (Å²) >= 11 is 3.23. The molecule has 1 atom stereocenters. The van der Waals surface area contributed by atoms with Gasteiger partial charge < -0.3 is 10.2 Å². The minimum absolute atomic E-state index is 0.111. The van der Waals surface area contributed by atoms with Crippen LogP contribution in [0.2, 0.25) is 0 Å². The van der Waals surface area contributed by atoms with Crippen molar-refractivity contribution >= 4 is 21.6 Å². The van der Waals surface area contributed by atoms with E-state index in [1.807, 2.05) is 0 Å². The van der Waals surface area contributed by atoms with Crippen molar-refractivity contribution in [1.82, 2.24) is 5.32 Å². The van der Waals surface area contributed by atoms with Crippen molar-refractivity contribution in [1.29, 1.82) is 0 Å². The second-order valence-electron chi connectivity index (χ2n) is 4.42. The molecule has 1 unspecified atom stereocenters. The fourth-order valence-corrected chi connectivity index (χ4v) is 2.55. The monoisotopic (exact) mass is 322 g/mol. The van der Waals surface area contributed by atoms with Crippen LogP contribution in [-0.4, -0.2) is 26.2 Å². The molecule has 0 aliphatic carbocycles. The molecule has 1 aromatic rings. The van der Waals surface area contributed by atoms with Gasteiger partial charge in [-0.15, -0.1) is 0 Å². The fraction of sp³-hybridized carbons (Fsp3) is 0.500. The molecule has 0 saturated carbocycles. The van der Waals surface area contributed by atoms with Crippen LogP contribution in [0.25, 0.3) is 0 Å². The summed E-state index contributed by atoms with van der Waals surface area (Å²) in [5.74, 6) is 0. The van der Waals surface area contributed by atoms with E-state index >= 15 is 0 Å². The number of anilines is 1. The Hall–Kier alpha value is -0.750. The van der Waals surface area contributed by atoms with Gasteiger partial charge in [0, 0.05) is 24.1 Å². The second kappa shape index (κ2) is 5.09. The molecule has 0 radical (unpaired) electrons. The highest BCUT2D eigenvalue weighted by Crippen LogP contribution is 2.38. The van der Waals surface area contributed by atoms with E-state index in [0.29, 0.717) is 4.47 Å². The third-order valence-electron chi connectivity index (χ3n) is 3.23. The number of benzene rings is 1. The Morgan fingerprint density at radius 3 is 2.67 bits per heavy atom. The van der Waals surface area contributed by atoms with Crippen molar-refractivity contribution in [2.75, 3.05) is 25.0 Å². The molecular weight excluding hydrogens is 309 g/mol. The van der Waals surface area contributed by atoms with E-state index in [9.17, 15) is 13.2 Å². The van der Waals surface area contributed by atoms with Crippen LogP contribution in [0.1, 0.15) is 12.0 Å². The van der Waals surface area contributed by atoms with E-state index in [0.717, 1.165) is 25.6 Å². The summed E-state index contributed by atoms with van der Waals surface area (Å²) < 4.78 is 39.6. The molecule has 2 rings (SSSR count). The molecule has 1 aliphatic heterocycles. The van der Waals surface area contributed by atoms with Gasteiger partial charge in [0.15, 0.2) is 0 Å². The third-order valence-corrected chi connectivity index (χ3v) is 3.72. The standard InChI is InChI=1S/C12H14BrF3N2/c1-18(9-4-5-17-7-9)11-6-8(13)2-3-10(11)12(14,15)16/h2-3,6,9,17H,4-5,7H2,1H3. The van der Waals surface area contributed by atoms with Crippen molar-refractivity contribution < 1.29 is 13.2 Å². The lowest BCUT2D eigenvalue weighted by Crippen LogP contribution is -2.34. The molecule has 1 aromatic carbocycles. The Balaban J connectivity index is 2.38. The van der Waals surface area contributed by atoms with Gasteiger partial charge in [0.25, 0.3) is 0 Å². The predicted octanol–water partition coefficient (Wildman–Crippen LogP) is 3.27. The average molecular weight is 323 g/mol. The molecule has 1 heterocycles. The van der Waals surface area contributed by atoms with Crippen molar-refractivity contribution in [2.45, 2.75) is 18.6 Å². The Labute approximate surface area is 112 Å². The van der Waals surface area contributed by atoms with Gasteiger partial charge in [-0.1, -0.05) is 15.9 Å². The molecule has 100 valence electrons. The first-order valence-electron chi connectivity index (χ1n) is 5.70. The van der Waals surface area contributed by atoms with Crippen molar-refractivity contribution in [3.8, 4) is 0 Å². The quantitative estimate of drug-likeness (QED) is 0.899. The van der Waals surface area contributed by atoms with Gasteiger partial charge in [0.1, 0.15) is 0 Å². The molecule has 0 bridgehead atoms. The molecule has 0 aromatic heterocycles. The lowest BCUT2D eigenvalue weighted by molar-refractivity contribution is -0.137. The largest absolute Gasteiger partial charge is 0.418 e. The molecule has 1 aliphatic rings. The predicted molar refractivity (Wildman–Crippen MR) is 68.8 cm³/mol. The number of nitrogens with zero attached hydrogens (tertiary/aromatic N) is 1. The van der Waals surface area contributed by atoms with E-state index in [1.54, 1.807) is 11.9 Å². The van der Waals surface area contributed by atoms with E-state index in [-0.39, 0.29) is 11.7 Å². The minimum atomic E-state index is -4.32. The minimum Gasteiger partial charge on any atom is -0.370 e.